The van der Waals surface area contributed by atoms with Crippen LogP contribution in [-0.2, 0) is 6.54 Å². The Kier molecular flexibility index (Phi) is 5.28. The van der Waals surface area contributed by atoms with Crippen molar-refractivity contribution in [2.24, 2.45) is 0 Å². The molecule has 7 nitrogen and oxygen atoms in total. The fraction of sp³-hybridized carbons (Fsp3) is 0.235. The number of rotatable bonds is 3. The third-order valence-corrected chi connectivity index (χ3v) is 3.89. The molecule has 0 unspecified atom stereocenters. The van der Waals surface area contributed by atoms with E-state index in [1.165, 1.54) is 4.52 Å². The van der Waals surface area contributed by atoms with Crippen LogP contribution in [0.5, 0.6) is 0 Å². The number of halogens is 3. The Balaban J connectivity index is 0.00000102. The van der Waals surface area contributed by atoms with E-state index >= 15 is 0 Å². The summed E-state index contributed by atoms with van der Waals surface area (Å²) in [5.41, 5.74) is 2.98. The number of alkyl halides is 2. The van der Waals surface area contributed by atoms with E-state index in [4.69, 9.17) is 11.6 Å². The molecule has 0 saturated heterocycles. The van der Waals surface area contributed by atoms with Crippen molar-refractivity contribution >= 4 is 28.2 Å². The molecule has 0 atom stereocenters. The van der Waals surface area contributed by atoms with Gasteiger partial charge in [0.2, 0.25) is 5.28 Å². The molecule has 138 valence electrons. The number of hydrogen-bond donors (Lipinski definition) is 0. The van der Waals surface area contributed by atoms with E-state index in [0.717, 1.165) is 4.68 Å². The molecule has 0 aliphatic heterocycles. The van der Waals surface area contributed by atoms with Crippen molar-refractivity contribution in [2.75, 3.05) is 0 Å². The second-order valence-electron chi connectivity index (χ2n) is 5.23. The first kappa shape index (κ1) is 18.7. The summed E-state index contributed by atoms with van der Waals surface area (Å²) in [4.78, 5) is 3.93. The first-order valence-corrected chi connectivity index (χ1v) is 8.51. The lowest BCUT2D eigenvalue weighted by atomic mass is 10.1. The van der Waals surface area contributed by atoms with Gasteiger partial charge in [0, 0.05) is 11.8 Å². The van der Waals surface area contributed by atoms with E-state index in [1.54, 1.807) is 30.5 Å². The van der Waals surface area contributed by atoms with Gasteiger partial charge in [-0.2, -0.15) is 5.26 Å². The summed E-state index contributed by atoms with van der Waals surface area (Å²) in [5, 5.41) is 20.9. The zero-order valence-corrected chi connectivity index (χ0v) is 15.2. The SMILES string of the molecule is CC.N#Cc1nc(Cl)nn2ccc(-c3ccc4nnn(CC(F)F)c4c3)c12. The fourth-order valence-corrected chi connectivity index (χ4v) is 2.87. The zero-order valence-electron chi connectivity index (χ0n) is 14.4. The fourth-order valence-electron chi connectivity index (χ4n) is 2.71. The van der Waals surface area contributed by atoms with Gasteiger partial charge in [-0.3, -0.25) is 0 Å². The molecule has 0 saturated carbocycles. The molecular formula is C17H14ClF2N7. The Bertz CT molecular complexity index is 1140. The maximum atomic E-state index is 12.7. The lowest BCUT2D eigenvalue weighted by Crippen LogP contribution is -2.08. The van der Waals surface area contributed by atoms with Gasteiger partial charge in [-0.15, -0.1) is 10.2 Å². The van der Waals surface area contributed by atoms with Gasteiger partial charge in [0.1, 0.15) is 23.6 Å². The Labute approximate surface area is 157 Å². The van der Waals surface area contributed by atoms with Crippen LogP contribution < -0.4 is 0 Å². The van der Waals surface area contributed by atoms with Crippen LogP contribution in [0.1, 0.15) is 19.5 Å². The topological polar surface area (TPSA) is 84.7 Å². The summed E-state index contributed by atoms with van der Waals surface area (Å²) >= 11 is 5.81. The summed E-state index contributed by atoms with van der Waals surface area (Å²) in [6.07, 6.45) is -0.887. The van der Waals surface area contributed by atoms with E-state index in [0.29, 0.717) is 27.7 Å². The van der Waals surface area contributed by atoms with Crippen molar-refractivity contribution in [3.8, 4) is 17.2 Å². The third kappa shape index (κ3) is 3.44. The van der Waals surface area contributed by atoms with Crippen LogP contribution in [0, 0.1) is 11.3 Å². The Hall–Kier alpha value is -3.12. The zero-order chi connectivity index (χ0) is 19.6. The van der Waals surface area contributed by atoms with E-state index in [9.17, 15) is 14.0 Å². The van der Waals surface area contributed by atoms with Crippen molar-refractivity contribution in [1.29, 1.82) is 5.26 Å². The average molecular weight is 390 g/mol. The molecule has 0 fully saturated rings. The maximum absolute atomic E-state index is 12.7. The van der Waals surface area contributed by atoms with Crippen molar-refractivity contribution in [2.45, 2.75) is 26.8 Å². The highest BCUT2D eigenvalue weighted by Gasteiger charge is 2.16. The van der Waals surface area contributed by atoms with Gasteiger partial charge in [-0.25, -0.2) is 23.0 Å². The first-order valence-electron chi connectivity index (χ1n) is 8.13. The monoisotopic (exact) mass is 389 g/mol. The second kappa shape index (κ2) is 7.63. The van der Waals surface area contributed by atoms with Gasteiger partial charge < -0.3 is 0 Å². The third-order valence-electron chi connectivity index (χ3n) is 3.73. The predicted molar refractivity (Wildman–Crippen MR) is 96.6 cm³/mol. The largest absolute Gasteiger partial charge is 0.258 e. The van der Waals surface area contributed by atoms with Crippen molar-refractivity contribution in [3.63, 3.8) is 0 Å². The molecule has 27 heavy (non-hydrogen) atoms. The van der Waals surface area contributed by atoms with Crippen molar-refractivity contribution in [1.82, 2.24) is 29.6 Å². The van der Waals surface area contributed by atoms with Crippen molar-refractivity contribution < 1.29 is 8.78 Å². The second-order valence-corrected chi connectivity index (χ2v) is 5.57. The molecule has 0 spiro atoms. The van der Waals surface area contributed by atoms with Crippen LogP contribution in [0.4, 0.5) is 8.78 Å². The first-order chi connectivity index (χ1) is 13.1. The molecular weight excluding hydrogens is 376 g/mol. The Morgan fingerprint density at radius 2 is 2.04 bits per heavy atom. The van der Waals surface area contributed by atoms with Gasteiger partial charge in [0.15, 0.2) is 5.69 Å². The van der Waals surface area contributed by atoms with E-state index in [-0.39, 0.29) is 11.0 Å². The molecule has 0 aliphatic rings. The molecule has 0 N–H and O–H groups in total. The number of benzene rings is 1. The Morgan fingerprint density at radius 1 is 1.26 bits per heavy atom. The van der Waals surface area contributed by atoms with Crippen LogP contribution in [-0.4, -0.2) is 36.0 Å². The molecule has 0 bridgehead atoms. The van der Waals surface area contributed by atoms with Crippen LogP contribution in [0.25, 0.3) is 27.7 Å². The minimum atomic E-state index is -2.54. The normalized spacial score (nSPS) is 10.9. The number of hydrogen-bond acceptors (Lipinski definition) is 5. The highest BCUT2D eigenvalue weighted by atomic mass is 35.5. The summed E-state index contributed by atoms with van der Waals surface area (Å²) in [6, 6.07) is 8.90. The van der Waals surface area contributed by atoms with E-state index in [1.807, 2.05) is 19.9 Å². The van der Waals surface area contributed by atoms with Gasteiger partial charge in [0.05, 0.1) is 5.52 Å². The summed E-state index contributed by atoms with van der Waals surface area (Å²) in [7, 11) is 0. The molecule has 1 aromatic carbocycles. The molecule has 3 heterocycles. The number of aromatic nitrogens is 6. The molecule has 3 aromatic heterocycles. The predicted octanol–water partition coefficient (Wildman–Crippen LogP) is 3.96. The summed E-state index contributed by atoms with van der Waals surface area (Å²) < 4.78 is 28.0. The lowest BCUT2D eigenvalue weighted by molar-refractivity contribution is 0.122. The quantitative estimate of drug-likeness (QED) is 0.529. The molecule has 10 heteroatoms. The van der Waals surface area contributed by atoms with Crippen LogP contribution in [0.2, 0.25) is 5.28 Å². The minimum absolute atomic E-state index is 0.0409. The van der Waals surface area contributed by atoms with Gasteiger partial charge in [0.25, 0.3) is 6.43 Å². The Morgan fingerprint density at radius 3 is 2.74 bits per heavy atom. The van der Waals surface area contributed by atoms with Crippen LogP contribution in [0.3, 0.4) is 0 Å². The molecule has 4 aromatic rings. The molecule has 0 aliphatic carbocycles. The summed E-state index contributed by atoms with van der Waals surface area (Å²) in [6.45, 7) is 3.46. The molecule has 0 amide bonds. The molecule has 0 radical (unpaired) electrons. The minimum Gasteiger partial charge on any atom is -0.239 e. The maximum Gasteiger partial charge on any atom is 0.258 e. The van der Waals surface area contributed by atoms with E-state index < -0.39 is 13.0 Å². The van der Waals surface area contributed by atoms with Gasteiger partial charge in [-0.05, 0) is 35.4 Å². The molecule has 4 rings (SSSR count). The van der Waals surface area contributed by atoms with Gasteiger partial charge in [-0.1, -0.05) is 25.1 Å². The number of nitrogens with zero attached hydrogens (tertiary/aromatic N) is 7. The highest BCUT2D eigenvalue weighted by Crippen LogP contribution is 2.29. The average Bonchev–Trinajstić information content (AvgIpc) is 3.26. The summed E-state index contributed by atoms with van der Waals surface area (Å²) in [5.74, 6) is 0. The highest BCUT2D eigenvalue weighted by molar-refractivity contribution is 6.28. The van der Waals surface area contributed by atoms with Crippen LogP contribution in [0.15, 0.2) is 30.5 Å². The van der Waals surface area contributed by atoms with E-state index in [2.05, 4.69) is 20.4 Å². The standard InChI is InChI=1S/C15H8ClF2N7.C2H6/c16-15-20-11(6-19)14-9(3-4-24(14)22-15)8-1-2-10-12(5-8)25(23-21-10)7-13(17)18;1-2/h1-5,13H,7H2;1-2H3. The smallest absolute Gasteiger partial charge is 0.239 e. The van der Waals surface area contributed by atoms with Gasteiger partial charge >= 0.3 is 0 Å². The number of fused-ring (bicyclic) bond motifs is 2. The van der Waals surface area contributed by atoms with Crippen molar-refractivity contribution in [3.05, 3.63) is 41.4 Å². The van der Waals surface area contributed by atoms with Crippen LogP contribution >= 0.6 is 11.6 Å². The number of nitriles is 1. The lowest BCUT2D eigenvalue weighted by Gasteiger charge is -2.04.